The minimum Gasteiger partial charge on any atom is -0.497 e. The van der Waals surface area contributed by atoms with Crippen LogP contribution in [0.4, 0.5) is 0 Å². The number of pyridine rings is 1. The molecule has 49 heavy (non-hydrogen) atoms. The first-order valence-corrected chi connectivity index (χ1v) is 20.2. The highest BCUT2D eigenvalue weighted by Gasteiger charge is 2.36. The number of hydrogen-bond acceptors (Lipinski definition) is 6. The number of amides is 1. The maximum Gasteiger partial charge on any atom is 0.223 e. The summed E-state index contributed by atoms with van der Waals surface area (Å²) in [7, 11) is 3.14. The summed E-state index contributed by atoms with van der Waals surface area (Å²) in [5.74, 6) is 2.08. The van der Waals surface area contributed by atoms with E-state index in [9.17, 15) is 4.79 Å². The molecule has 0 spiro atoms. The quantitative estimate of drug-likeness (QED) is 0.132. The first-order chi connectivity index (χ1) is 23.1. The van der Waals surface area contributed by atoms with E-state index in [2.05, 4.69) is 103 Å². The third kappa shape index (κ3) is 9.43. The smallest absolute Gasteiger partial charge is 0.223 e. The van der Waals surface area contributed by atoms with Crippen LogP contribution in [0.1, 0.15) is 88.8 Å². The molecule has 1 fully saturated rings. The van der Waals surface area contributed by atoms with Crippen LogP contribution in [-0.2, 0) is 21.2 Å². The van der Waals surface area contributed by atoms with E-state index in [-0.39, 0.29) is 22.4 Å². The third-order valence-corrected chi connectivity index (χ3v) is 14.4. The van der Waals surface area contributed by atoms with Gasteiger partial charge in [0.15, 0.2) is 8.32 Å². The Hall–Kier alpha value is -3.88. The average molecular weight is 685 g/mol. The van der Waals surface area contributed by atoms with Gasteiger partial charge in [-0.3, -0.25) is 4.79 Å². The molecule has 0 radical (unpaired) electrons. The lowest BCUT2D eigenvalue weighted by Gasteiger charge is -2.36. The second-order valence-electron chi connectivity index (χ2n) is 15.3. The van der Waals surface area contributed by atoms with E-state index >= 15 is 0 Å². The molecule has 0 aliphatic carbocycles. The number of carbonyl (C=O) groups excluding carboxylic acids is 1. The fourth-order valence-electron chi connectivity index (χ4n) is 5.67. The second-order valence-corrected chi connectivity index (χ2v) is 20.1. The zero-order valence-corrected chi connectivity index (χ0v) is 32.5. The zero-order chi connectivity index (χ0) is 36.0. The first kappa shape index (κ1) is 37.9. The van der Waals surface area contributed by atoms with Crippen molar-refractivity contribution >= 4 is 25.9 Å². The van der Waals surface area contributed by atoms with Crippen LogP contribution >= 0.6 is 0 Å². The van der Waals surface area contributed by atoms with Gasteiger partial charge in [-0.1, -0.05) is 84.0 Å². The van der Waals surface area contributed by atoms with Crippen molar-refractivity contribution in [2.75, 3.05) is 27.9 Å². The van der Waals surface area contributed by atoms with Crippen LogP contribution in [0, 0.1) is 0 Å². The summed E-state index contributed by atoms with van der Waals surface area (Å²) in [6.07, 6.45) is 8.40. The fraction of sp³-hybridized carbons (Fsp3) is 0.463. The number of ether oxygens (including phenoxy) is 3. The van der Waals surface area contributed by atoms with E-state index < -0.39 is 8.32 Å². The van der Waals surface area contributed by atoms with Gasteiger partial charge in [0.2, 0.25) is 11.8 Å². The molecule has 3 aromatic rings. The number of carbonyl (C=O) groups is 1. The molecular formula is C41H56N2O5Si. The van der Waals surface area contributed by atoms with Crippen LogP contribution in [0.3, 0.4) is 0 Å². The zero-order valence-electron chi connectivity index (χ0n) is 31.5. The maximum absolute atomic E-state index is 13.3. The molecule has 4 rings (SSSR count). The molecule has 2 aromatic carbocycles. The lowest BCUT2D eigenvalue weighted by Crippen LogP contribution is -2.40. The lowest BCUT2D eigenvalue weighted by atomic mass is 9.86. The number of benzene rings is 2. The Morgan fingerprint density at radius 2 is 1.65 bits per heavy atom. The summed E-state index contributed by atoms with van der Waals surface area (Å²) < 4.78 is 23.2. The van der Waals surface area contributed by atoms with E-state index in [4.69, 9.17) is 23.6 Å². The van der Waals surface area contributed by atoms with Gasteiger partial charge in [-0.2, -0.15) is 0 Å². The number of likely N-dealkylation sites (tertiary alicyclic amines) is 1. The van der Waals surface area contributed by atoms with E-state index in [0.29, 0.717) is 37.0 Å². The molecule has 0 bridgehead atoms. The summed E-state index contributed by atoms with van der Waals surface area (Å²) in [5, 5.41) is 0.184. The number of rotatable bonds is 13. The van der Waals surface area contributed by atoms with Crippen LogP contribution in [0.15, 0.2) is 66.7 Å². The Bertz CT molecular complexity index is 1650. The molecule has 0 saturated carbocycles. The lowest BCUT2D eigenvalue weighted by molar-refractivity contribution is -0.129. The standard InChI is InChI=1S/C41H56N2O5Si/c1-40(2,3)32-19-15-29(16-20-32)35(26-33-21-24-38(44)43(33)28-31-17-22-34(45-7)27-37(31)46-8)36-23-18-30(39(42-36)47-9)14-12-13-25-48-49(10,11)41(4,5)6/h12,14-20,22-23,26-27,33H,13,21,24-25,28H2,1-11H3/t33-/m1/s1. The predicted molar refractivity (Wildman–Crippen MR) is 203 cm³/mol. The molecule has 264 valence electrons. The molecular weight excluding hydrogens is 629 g/mol. The van der Waals surface area contributed by atoms with Crippen LogP contribution < -0.4 is 14.2 Å². The Morgan fingerprint density at radius 3 is 2.27 bits per heavy atom. The third-order valence-electron chi connectivity index (χ3n) is 9.84. The summed E-state index contributed by atoms with van der Waals surface area (Å²) in [5.41, 5.74) is 5.91. The van der Waals surface area contributed by atoms with Crippen molar-refractivity contribution in [1.29, 1.82) is 0 Å². The predicted octanol–water partition coefficient (Wildman–Crippen LogP) is 9.45. The van der Waals surface area contributed by atoms with Crippen molar-refractivity contribution < 1.29 is 23.4 Å². The van der Waals surface area contributed by atoms with Gasteiger partial charge in [-0.05, 0) is 71.8 Å². The summed E-state index contributed by atoms with van der Waals surface area (Å²) >= 11 is 0. The molecule has 1 atom stereocenters. The summed E-state index contributed by atoms with van der Waals surface area (Å²) in [6, 6.07) is 18.4. The Morgan fingerprint density at radius 1 is 0.939 bits per heavy atom. The average Bonchev–Trinajstić information content (AvgIpc) is 3.40. The number of aromatic nitrogens is 1. The van der Waals surface area contributed by atoms with Gasteiger partial charge in [0.25, 0.3) is 0 Å². The summed E-state index contributed by atoms with van der Waals surface area (Å²) in [4.78, 5) is 20.3. The van der Waals surface area contributed by atoms with Gasteiger partial charge in [0.05, 0.1) is 33.1 Å². The number of methoxy groups -OCH3 is 3. The minimum absolute atomic E-state index is 0.0275. The Kier molecular flexibility index (Phi) is 12.2. The van der Waals surface area contributed by atoms with E-state index in [1.165, 1.54) is 5.56 Å². The molecule has 2 heterocycles. The molecule has 0 unspecified atom stereocenters. The maximum atomic E-state index is 13.3. The molecule has 7 nitrogen and oxygen atoms in total. The van der Waals surface area contributed by atoms with Crippen LogP contribution in [0.25, 0.3) is 11.6 Å². The Labute approximate surface area is 295 Å². The molecule has 1 amide bonds. The van der Waals surface area contributed by atoms with E-state index in [1.807, 2.05) is 29.2 Å². The highest BCUT2D eigenvalue weighted by molar-refractivity contribution is 6.74. The van der Waals surface area contributed by atoms with Crippen molar-refractivity contribution in [2.45, 2.75) is 96.9 Å². The van der Waals surface area contributed by atoms with Crippen molar-refractivity contribution in [3.8, 4) is 17.4 Å². The number of hydrogen-bond donors (Lipinski definition) is 0. The van der Waals surface area contributed by atoms with Crippen molar-refractivity contribution in [1.82, 2.24) is 9.88 Å². The molecule has 1 aromatic heterocycles. The number of nitrogens with zero attached hydrogens (tertiary/aromatic N) is 2. The molecule has 1 aliphatic rings. The van der Waals surface area contributed by atoms with E-state index in [0.717, 1.165) is 40.8 Å². The largest absolute Gasteiger partial charge is 0.497 e. The van der Waals surface area contributed by atoms with Crippen LogP contribution in [-0.4, -0.2) is 58.1 Å². The van der Waals surface area contributed by atoms with Gasteiger partial charge >= 0.3 is 0 Å². The summed E-state index contributed by atoms with van der Waals surface area (Å²) in [6.45, 7) is 19.1. The minimum atomic E-state index is -1.79. The topological polar surface area (TPSA) is 70.1 Å². The van der Waals surface area contributed by atoms with Gasteiger partial charge in [-0.15, -0.1) is 0 Å². The van der Waals surface area contributed by atoms with E-state index in [1.54, 1.807) is 21.3 Å². The monoisotopic (exact) mass is 684 g/mol. The SMILES string of the molecule is COc1ccc(CN2C(=O)CC[C@@H]2C=C(c2ccc(C(C)(C)C)cc2)c2ccc(C=CCCO[Si](C)(C)C(C)(C)C)c(OC)n2)c(OC)c1. The van der Waals surface area contributed by atoms with Gasteiger partial charge in [0, 0.05) is 42.3 Å². The van der Waals surface area contributed by atoms with Crippen LogP contribution in [0.2, 0.25) is 18.1 Å². The van der Waals surface area contributed by atoms with Gasteiger partial charge in [-0.25, -0.2) is 4.98 Å². The Balaban J connectivity index is 1.67. The van der Waals surface area contributed by atoms with Crippen LogP contribution in [0.5, 0.6) is 17.4 Å². The highest BCUT2D eigenvalue weighted by Crippen LogP contribution is 2.37. The van der Waals surface area contributed by atoms with Crippen molar-refractivity contribution in [2.24, 2.45) is 0 Å². The van der Waals surface area contributed by atoms with Gasteiger partial charge in [0.1, 0.15) is 11.5 Å². The fourth-order valence-corrected chi connectivity index (χ4v) is 6.73. The van der Waals surface area contributed by atoms with Gasteiger partial charge < -0.3 is 23.5 Å². The molecule has 0 N–H and O–H groups in total. The second kappa shape index (κ2) is 15.8. The van der Waals surface area contributed by atoms with Crippen molar-refractivity contribution in [3.63, 3.8) is 0 Å². The van der Waals surface area contributed by atoms with Crippen molar-refractivity contribution in [3.05, 3.63) is 94.7 Å². The molecule has 1 saturated heterocycles. The molecule has 1 aliphatic heterocycles. The first-order valence-electron chi connectivity index (χ1n) is 17.3. The highest BCUT2D eigenvalue weighted by atomic mass is 28.4. The molecule has 8 heteroatoms. The normalized spacial score (nSPS) is 16.1.